The Labute approximate surface area is 200 Å². The number of halogens is 4. The predicted octanol–water partition coefficient (Wildman–Crippen LogP) is 3.81. The van der Waals surface area contributed by atoms with Gasteiger partial charge in [0.25, 0.3) is 11.5 Å². The molecule has 3 aliphatic carbocycles. The number of nitrogens with zero attached hydrogens (tertiary/aromatic N) is 2. The number of hydrogen-bond acceptors (Lipinski definition) is 4. The Kier molecular flexibility index (Phi) is 5.69. The Morgan fingerprint density at radius 1 is 1.23 bits per heavy atom. The van der Waals surface area contributed by atoms with Gasteiger partial charge >= 0.3 is 6.18 Å². The summed E-state index contributed by atoms with van der Waals surface area (Å²) in [7, 11) is 2.21. The molecule has 1 aromatic heterocycles. The van der Waals surface area contributed by atoms with Crippen LogP contribution in [0.15, 0.2) is 35.3 Å². The number of carbonyl (C=O) groups is 1. The molecule has 3 N–H and O–H groups in total. The van der Waals surface area contributed by atoms with Gasteiger partial charge in [-0.05, 0) is 56.0 Å². The molecule has 3 saturated carbocycles. The molecule has 10 heteroatoms. The number of nitrogens with one attached hydrogen (secondary N) is 1. The third-order valence-electron chi connectivity index (χ3n) is 7.72. The van der Waals surface area contributed by atoms with E-state index >= 15 is 0 Å². The maximum Gasteiger partial charge on any atom is 0.419 e. The summed E-state index contributed by atoms with van der Waals surface area (Å²) < 4.78 is 54.0. The fourth-order valence-corrected chi connectivity index (χ4v) is 5.25. The SMILES string of the molecule is CN1CC2CC2C1.Nc1cc(=O)n(C2CC23CC3)cc1C(=O)NCc1cccc(C(F)(F)F)c1F. The second-order valence-electron chi connectivity index (χ2n) is 10.4. The molecular formula is C25H28F4N4O2. The normalized spacial score (nSPS) is 25.5. The molecule has 4 fully saturated rings. The molecule has 1 spiro atoms. The van der Waals surface area contributed by atoms with Crippen molar-refractivity contribution in [2.45, 2.75) is 44.4 Å². The highest BCUT2D eigenvalue weighted by atomic mass is 19.4. The van der Waals surface area contributed by atoms with Crippen molar-refractivity contribution in [1.29, 1.82) is 0 Å². The molecule has 6 nitrogen and oxygen atoms in total. The van der Waals surface area contributed by atoms with Crippen LogP contribution in [0.5, 0.6) is 0 Å². The fourth-order valence-electron chi connectivity index (χ4n) is 5.25. The van der Waals surface area contributed by atoms with Crippen LogP contribution in [0.2, 0.25) is 0 Å². The zero-order valence-electron chi connectivity index (χ0n) is 19.4. The average molecular weight is 493 g/mol. The number of likely N-dealkylation sites (tertiary alicyclic amines) is 1. The van der Waals surface area contributed by atoms with Crippen molar-refractivity contribution < 1.29 is 22.4 Å². The van der Waals surface area contributed by atoms with Crippen LogP contribution < -0.4 is 16.6 Å². The minimum absolute atomic E-state index is 0.0336. The molecule has 0 bridgehead atoms. The third kappa shape index (κ3) is 4.80. The second-order valence-corrected chi connectivity index (χ2v) is 10.4. The van der Waals surface area contributed by atoms with E-state index < -0.39 is 30.0 Å². The second kappa shape index (κ2) is 8.36. The quantitative estimate of drug-likeness (QED) is 0.637. The van der Waals surface area contributed by atoms with E-state index in [1.54, 1.807) is 0 Å². The molecule has 1 aliphatic heterocycles. The molecule has 1 amide bonds. The number of alkyl halides is 3. The van der Waals surface area contributed by atoms with Gasteiger partial charge in [-0.15, -0.1) is 0 Å². The number of amides is 1. The van der Waals surface area contributed by atoms with Crippen molar-refractivity contribution >= 4 is 11.6 Å². The number of anilines is 1. The first-order valence-electron chi connectivity index (χ1n) is 11.8. The van der Waals surface area contributed by atoms with Gasteiger partial charge in [0.05, 0.1) is 16.8 Å². The summed E-state index contributed by atoms with van der Waals surface area (Å²) in [6.07, 6.45) is 1.06. The number of aromatic nitrogens is 1. The van der Waals surface area contributed by atoms with E-state index in [9.17, 15) is 27.2 Å². The molecule has 1 aromatic carbocycles. The molecule has 188 valence electrons. The molecule has 35 heavy (non-hydrogen) atoms. The Morgan fingerprint density at radius 2 is 1.91 bits per heavy atom. The molecule has 0 radical (unpaired) electrons. The standard InChI is InChI=1S/C19H17F4N3O2.C6H11N/c20-16-10(2-1-3-12(16)19(21,22)23)8-25-17(28)11-9-26(15(27)6-13(11)24)14-7-18(14)4-5-18;1-7-3-5-2-6(5)4-7/h1-3,6,9,14H,4-5,7-8,24H2,(H,25,28);5-6H,2-4H2,1H3. The number of pyridine rings is 1. The van der Waals surface area contributed by atoms with Crippen molar-refractivity contribution in [3.63, 3.8) is 0 Å². The summed E-state index contributed by atoms with van der Waals surface area (Å²) in [4.78, 5) is 27.1. The van der Waals surface area contributed by atoms with E-state index in [-0.39, 0.29) is 33.8 Å². The molecular weight excluding hydrogens is 464 g/mol. The minimum Gasteiger partial charge on any atom is -0.398 e. The summed E-state index contributed by atoms with van der Waals surface area (Å²) in [5, 5.41) is 2.38. The minimum atomic E-state index is -4.83. The van der Waals surface area contributed by atoms with E-state index in [0.29, 0.717) is 6.07 Å². The lowest BCUT2D eigenvalue weighted by Crippen LogP contribution is -2.28. The summed E-state index contributed by atoms with van der Waals surface area (Å²) in [6.45, 7) is 2.32. The van der Waals surface area contributed by atoms with Crippen molar-refractivity contribution in [2.75, 3.05) is 25.9 Å². The number of carbonyl (C=O) groups excluding carboxylic acids is 1. The van der Waals surface area contributed by atoms with E-state index in [1.807, 2.05) is 0 Å². The monoisotopic (exact) mass is 492 g/mol. The summed E-state index contributed by atoms with van der Waals surface area (Å²) in [6, 6.07) is 4.08. The van der Waals surface area contributed by atoms with Crippen LogP contribution in [0.1, 0.15) is 53.2 Å². The number of fused-ring (bicyclic) bond motifs is 1. The van der Waals surface area contributed by atoms with Gasteiger partial charge in [0.15, 0.2) is 0 Å². The molecule has 3 unspecified atom stereocenters. The number of rotatable bonds is 4. The van der Waals surface area contributed by atoms with Crippen molar-refractivity contribution in [3.8, 4) is 0 Å². The van der Waals surface area contributed by atoms with Crippen LogP contribution in [0.25, 0.3) is 0 Å². The van der Waals surface area contributed by atoms with Gasteiger partial charge in [-0.1, -0.05) is 12.1 Å². The van der Waals surface area contributed by atoms with Crippen LogP contribution in [-0.4, -0.2) is 35.5 Å². The van der Waals surface area contributed by atoms with Crippen LogP contribution in [0, 0.1) is 23.1 Å². The number of nitrogen functional groups attached to an aromatic ring is 1. The molecule has 3 atom stereocenters. The highest BCUT2D eigenvalue weighted by molar-refractivity contribution is 5.98. The zero-order valence-corrected chi connectivity index (χ0v) is 19.4. The van der Waals surface area contributed by atoms with Gasteiger partial charge in [-0.25, -0.2) is 4.39 Å². The summed E-state index contributed by atoms with van der Waals surface area (Å²) in [5.41, 5.74) is 3.97. The van der Waals surface area contributed by atoms with Gasteiger partial charge in [-0.3, -0.25) is 9.59 Å². The molecule has 4 aliphatic rings. The summed E-state index contributed by atoms with van der Waals surface area (Å²) in [5.74, 6) is 0.116. The van der Waals surface area contributed by atoms with Gasteiger partial charge in [0, 0.05) is 43.5 Å². The van der Waals surface area contributed by atoms with E-state index in [1.165, 1.54) is 30.3 Å². The van der Waals surface area contributed by atoms with Gasteiger partial charge in [-0.2, -0.15) is 13.2 Å². The first kappa shape index (κ1) is 23.8. The number of nitrogens with two attached hydrogens (primary N) is 1. The molecule has 1 saturated heterocycles. The lowest BCUT2D eigenvalue weighted by atomic mass is 10.1. The largest absolute Gasteiger partial charge is 0.419 e. The molecule has 2 aromatic rings. The van der Waals surface area contributed by atoms with E-state index in [0.717, 1.165) is 49.3 Å². The summed E-state index contributed by atoms with van der Waals surface area (Å²) >= 11 is 0. The third-order valence-corrected chi connectivity index (χ3v) is 7.72. The fraction of sp³-hybridized carbons (Fsp3) is 0.520. The van der Waals surface area contributed by atoms with Gasteiger partial charge < -0.3 is 20.5 Å². The Bertz CT molecular complexity index is 1210. The number of piperidine rings is 1. The first-order chi connectivity index (χ1) is 16.5. The highest BCUT2D eigenvalue weighted by Gasteiger charge is 2.64. The van der Waals surface area contributed by atoms with Crippen LogP contribution in [0.4, 0.5) is 23.2 Å². The average Bonchev–Trinajstić information content (AvgIpc) is 3.73. The van der Waals surface area contributed by atoms with E-state index in [4.69, 9.17) is 5.73 Å². The lowest BCUT2D eigenvalue weighted by Gasteiger charge is -2.13. The predicted molar refractivity (Wildman–Crippen MR) is 122 cm³/mol. The number of hydrogen-bond donors (Lipinski definition) is 2. The van der Waals surface area contributed by atoms with Crippen molar-refractivity contribution in [2.24, 2.45) is 17.3 Å². The number of benzene rings is 1. The highest BCUT2D eigenvalue weighted by Crippen LogP contribution is 2.72. The lowest BCUT2D eigenvalue weighted by molar-refractivity contribution is -0.140. The van der Waals surface area contributed by atoms with Crippen LogP contribution in [-0.2, 0) is 12.7 Å². The van der Waals surface area contributed by atoms with E-state index in [2.05, 4.69) is 17.3 Å². The smallest absolute Gasteiger partial charge is 0.398 e. The molecule has 6 rings (SSSR count). The maximum absolute atomic E-state index is 14.1. The van der Waals surface area contributed by atoms with Crippen molar-refractivity contribution in [1.82, 2.24) is 14.8 Å². The maximum atomic E-state index is 14.1. The van der Waals surface area contributed by atoms with Crippen molar-refractivity contribution in [3.05, 3.63) is 63.3 Å². The van der Waals surface area contributed by atoms with Crippen LogP contribution >= 0.6 is 0 Å². The Hall–Kier alpha value is -2.88. The molecule has 2 heterocycles. The zero-order chi connectivity index (χ0) is 25.1. The van der Waals surface area contributed by atoms with Crippen LogP contribution in [0.3, 0.4) is 0 Å². The van der Waals surface area contributed by atoms with Gasteiger partial charge in [0.2, 0.25) is 0 Å². The van der Waals surface area contributed by atoms with Gasteiger partial charge in [0.1, 0.15) is 5.82 Å². The first-order valence-corrected chi connectivity index (χ1v) is 11.8. The Morgan fingerprint density at radius 3 is 2.46 bits per heavy atom. The topological polar surface area (TPSA) is 80.4 Å². The Balaban J connectivity index is 0.000000306.